The van der Waals surface area contributed by atoms with Crippen LogP contribution >= 0.6 is 0 Å². The number of unbranched alkanes of at least 4 members (excludes halogenated alkanes) is 18. The Morgan fingerprint density at radius 3 is 1.48 bits per heavy atom. The van der Waals surface area contributed by atoms with Gasteiger partial charge in [-0.25, -0.2) is 4.79 Å². The molecule has 40 heavy (non-hydrogen) atoms. The maximum Gasteiger partial charge on any atom is 0.334 e. The first-order valence-corrected chi connectivity index (χ1v) is 17.4. The molecule has 2 N–H and O–H groups in total. The smallest absolute Gasteiger partial charge is 0.334 e. The van der Waals surface area contributed by atoms with Crippen LogP contribution in [0.15, 0.2) is 11.6 Å². The molecular formula is C35H64O5. The van der Waals surface area contributed by atoms with E-state index in [2.05, 4.69) is 6.92 Å². The minimum Gasteiger partial charge on any atom is -0.455 e. The highest BCUT2D eigenvalue weighted by Gasteiger charge is 2.34. The Morgan fingerprint density at radius 2 is 1.07 bits per heavy atom. The van der Waals surface area contributed by atoms with E-state index in [0.29, 0.717) is 0 Å². The number of aliphatic hydroxyl groups is 2. The molecule has 0 amide bonds. The van der Waals surface area contributed by atoms with Gasteiger partial charge in [0.2, 0.25) is 0 Å². The summed E-state index contributed by atoms with van der Waals surface area (Å²) < 4.78 is 11.2. The fraction of sp³-hybridized carbons (Fsp3) is 0.914. The second kappa shape index (κ2) is 22.7. The third-order valence-electron chi connectivity index (χ3n) is 8.98. The number of hydrogen-bond donors (Lipinski definition) is 2. The zero-order chi connectivity index (χ0) is 28.8. The van der Waals surface area contributed by atoms with E-state index in [9.17, 15) is 15.0 Å². The first-order chi connectivity index (χ1) is 19.5. The molecular weight excluding hydrogens is 500 g/mol. The maximum absolute atomic E-state index is 11.6. The minimum atomic E-state index is -0.385. The summed E-state index contributed by atoms with van der Waals surface area (Å²) in [5.41, 5.74) is 0.873. The van der Waals surface area contributed by atoms with Crippen LogP contribution in [0.1, 0.15) is 174 Å². The van der Waals surface area contributed by atoms with E-state index < -0.39 is 0 Å². The summed E-state index contributed by atoms with van der Waals surface area (Å²) in [6, 6.07) is 0. The molecule has 0 aliphatic carbocycles. The lowest BCUT2D eigenvalue weighted by Gasteiger charge is -2.22. The van der Waals surface area contributed by atoms with Crippen LogP contribution in [-0.2, 0) is 14.3 Å². The number of cyclic esters (lactones) is 1. The molecule has 0 bridgehead atoms. The molecule has 0 saturated carbocycles. The topological polar surface area (TPSA) is 76.0 Å². The molecule has 2 rings (SSSR count). The van der Waals surface area contributed by atoms with Crippen molar-refractivity contribution >= 4 is 5.97 Å². The van der Waals surface area contributed by atoms with E-state index in [1.165, 1.54) is 109 Å². The van der Waals surface area contributed by atoms with Gasteiger partial charge in [-0.2, -0.15) is 0 Å². The number of carbonyl (C=O) groups is 1. The second-order valence-corrected chi connectivity index (χ2v) is 12.8. The lowest BCUT2D eigenvalue weighted by atomic mass is 10.00. The van der Waals surface area contributed by atoms with Crippen LogP contribution in [-0.4, -0.2) is 46.7 Å². The second-order valence-electron chi connectivity index (χ2n) is 12.8. The summed E-state index contributed by atoms with van der Waals surface area (Å²) in [5, 5.41) is 21.2. The molecule has 0 aromatic heterocycles. The van der Waals surface area contributed by atoms with Crippen molar-refractivity contribution in [3.8, 4) is 0 Å². The number of hydrogen-bond acceptors (Lipinski definition) is 5. The molecule has 1 saturated heterocycles. The molecule has 1 fully saturated rings. The summed E-state index contributed by atoms with van der Waals surface area (Å²) >= 11 is 0. The van der Waals surface area contributed by atoms with Crippen molar-refractivity contribution in [2.24, 2.45) is 0 Å². The average molecular weight is 565 g/mol. The maximum atomic E-state index is 11.6. The molecule has 5 nitrogen and oxygen atoms in total. The van der Waals surface area contributed by atoms with Gasteiger partial charge in [-0.15, -0.1) is 0 Å². The molecule has 0 radical (unpaired) electrons. The van der Waals surface area contributed by atoms with Crippen molar-refractivity contribution in [1.29, 1.82) is 0 Å². The predicted molar refractivity (Wildman–Crippen MR) is 165 cm³/mol. The van der Waals surface area contributed by atoms with E-state index in [4.69, 9.17) is 9.47 Å². The summed E-state index contributed by atoms with van der Waals surface area (Å²) in [4.78, 5) is 11.6. The molecule has 5 heteroatoms. The third kappa shape index (κ3) is 15.9. The van der Waals surface area contributed by atoms with Crippen molar-refractivity contribution in [2.75, 3.05) is 0 Å². The lowest BCUT2D eigenvalue weighted by Crippen LogP contribution is -2.31. The van der Waals surface area contributed by atoms with Crippen LogP contribution in [0.2, 0.25) is 0 Å². The average Bonchev–Trinajstić information content (AvgIpc) is 3.56. The molecule has 0 unspecified atom stereocenters. The van der Waals surface area contributed by atoms with Gasteiger partial charge < -0.3 is 19.7 Å². The highest BCUT2D eigenvalue weighted by molar-refractivity contribution is 5.90. The molecule has 234 valence electrons. The van der Waals surface area contributed by atoms with Crippen molar-refractivity contribution < 1.29 is 24.5 Å². The quantitative estimate of drug-likeness (QED) is 0.0809. The Bertz CT molecular complexity index is 662. The fourth-order valence-corrected chi connectivity index (χ4v) is 6.37. The first-order valence-electron chi connectivity index (χ1n) is 17.4. The van der Waals surface area contributed by atoms with Gasteiger partial charge in [0.15, 0.2) is 0 Å². The number of esters is 1. The number of carbonyl (C=O) groups excluding carboxylic acids is 1. The van der Waals surface area contributed by atoms with Gasteiger partial charge in [-0.1, -0.05) is 129 Å². The summed E-state index contributed by atoms with van der Waals surface area (Å²) in [5.74, 6) is -0.114. The third-order valence-corrected chi connectivity index (χ3v) is 8.98. The van der Waals surface area contributed by atoms with Gasteiger partial charge in [0.05, 0.1) is 24.4 Å². The highest BCUT2D eigenvalue weighted by atomic mass is 16.5. The van der Waals surface area contributed by atoms with E-state index in [-0.39, 0.29) is 36.5 Å². The number of ether oxygens (including phenoxy) is 2. The van der Waals surface area contributed by atoms with Gasteiger partial charge in [-0.05, 0) is 51.5 Å². The Balaban J connectivity index is 1.34. The van der Waals surface area contributed by atoms with Gasteiger partial charge >= 0.3 is 5.97 Å². The molecule has 2 heterocycles. The molecule has 0 aromatic carbocycles. The Labute approximate surface area is 246 Å². The van der Waals surface area contributed by atoms with Crippen LogP contribution < -0.4 is 0 Å². The lowest BCUT2D eigenvalue weighted by molar-refractivity contribution is -0.139. The fourth-order valence-electron chi connectivity index (χ4n) is 6.37. The molecule has 2 aliphatic heterocycles. The van der Waals surface area contributed by atoms with Crippen LogP contribution in [0, 0.1) is 0 Å². The van der Waals surface area contributed by atoms with Crippen LogP contribution in [0.4, 0.5) is 0 Å². The minimum absolute atomic E-state index is 0.0411. The van der Waals surface area contributed by atoms with Crippen molar-refractivity contribution in [2.45, 2.75) is 205 Å². The largest absolute Gasteiger partial charge is 0.455 e. The normalized spacial score (nSPS) is 22.4. The number of aliphatic hydroxyl groups excluding tert-OH is 2. The molecule has 2 aliphatic rings. The Morgan fingerprint density at radius 1 is 0.675 bits per heavy atom. The predicted octanol–water partition coefficient (Wildman–Crippen LogP) is 9.12. The zero-order valence-electron chi connectivity index (χ0n) is 26.3. The zero-order valence-corrected chi connectivity index (χ0v) is 26.3. The standard InChI is InChI=1S/C35H64O5/c1-3-4-5-6-7-11-15-18-21-24-31(36)33-26-27-34(40-33)32(37)25-22-19-16-13-10-8-9-12-14-17-20-23-30-28-29(2)39-35(30)38/h28-29,31-34,36-37H,3-27H2,1-2H3/t29-,31-,32-,33-,34-/m0/s1. The van der Waals surface area contributed by atoms with Crippen LogP contribution in [0.3, 0.4) is 0 Å². The van der Waals surface area contributed by atoms with E-state index in [0.717, 1.165) is 56.9 Å². The highest BCUT2D eigenvalue weighted by Crippen LogP contribution is 2.28. The van der Waals surface area contributed by atoms with E-state index in [1.807, 2.05) is 13.0 Å². The first kappa shape index (κ1) is 35.3. The van der Waals surface area contributed by atoms with Crippen molar-refractivity contribution in [3.05, 3.63) is 11.6 Å². The van der Waals surface area contributed by atoms with E-state index in [1.54, 1.807) is 0 Å². The SMILES string of the molecule is CCCCCCCCCCC[C@H](O)[C@@H]1CC[C@@H]([C@@H](O)CCCCCCCCCCCCCC2=C[C@H](C)OC2=O)O1. The van der Waals surface area contributed by atoms with Crippen LogP contribution in [0.5, 0.6) is 0 Å². The molecule has 5 atom stereocenters. The van der Waals surface area contributed by atoms with Gasteiger partial charge in [-0.3, -0.25) is 0 Å². The van der Waals surface area contributed by atoms with Crippen LogP contribution in [0.25, 0.3) is 0 Å². The van der Waals surface area contributed by atoms with Crippen molar-refractivity contribution in [3.63, 3.8) is 0 Å². The van der Waals surface area contributed by atoms with Gasteiger partial charge in [0, 0.05) is 5.57 Å². The van der Waals surface area contributed by atoms with E-state index >= 15 is 0 Å². The summed E-state index contributed by atoms with van der Waals surface area (Å²) in [6.45, 7) is 4.18. The molecule has 0 spiro atoms. The Kier molecular flexibility index (Phi) is 20.0. The van der Waals surface area contributed by atoms with Gasteiger partial charge in [0.25, 0.3) is 0 Å². The summed E-state index contributed by atoms with van der Waals surface area (Å²) in [6.07, 6.45) is 30.5. The Hall–Kier alpha value is -0.910. The monoisotopic (exact) mass is 564 g/mol. The number of rotatable bonds is 26. The summed E-state index contributed by atoms with van der Waals surface area (Å²) in [7, 11) is 0. The van der Waals surface area contributed by atoms with Gasteiger partial charge in [0.1, 0.15) is 6.10 Å². The van der Waals surface area contributed by atoms with Crippen molar-refractivity contribution in [1.82, 2.24) is 0 Å². The molecule has 0 aromatic rings.